The van der Waals surface area contributed by atoms with E-state index in [9.17, 15) is 26.7 Å². The van der Waals surface area contributed by atoms with E-state index in [0.717, 1.165) is 69.0 Å². The third kappa shape index (κ3) is 3.87. The highest BCUT2D eigenvalue weighted by molar-refractivity contribution is 7.91. The van der Waals surface area contributed by atoms with E-state index < -0.39 is 25.6 Å². The lowest BCUT2D eigenvalue weighted by Crippen LogP contribution is -2.65. The molecule has 2 bridgehead atoms. The van der Waals surface area contributed by atoms with Crippen LogP contribution in [0.4, 0.5) is 5.00 Å². The van der Waals surface area contributed by atoms with Crippen molar-refractivity contribution in [1.82, 2.24) is 9.62 Å². The minimum atomic E-state index is -4.25. The molecule has 2 unspecified atom stereocenters. The number of anilines is 1. The molecule has 0 aromatic carbocycles. The van der Waals surface area contributed by atoms with Gasteiger partial charge in [-0.2, -0.15) is 8.42 Å². The number of amidine groups is 1. The Morgan fingerprint density at radius 2 is 1.97 bits per heavy atom. The summed E-state index contributed by atoms with van der Waals surface area (Å²) in [5.41, 5.74) is -0.250. The summed E-state index contributed by atoms with van der Waals surface area (Å²) in [7, 11) is -7.78. The molecule has 5 aliphatic rings. The summed E-state index contributed by atoms with van der Waals surface area (Å²) in [6.45, 7) is 1.93. The van der Waals surface area contributed by atoms with Crippen LogP contribution >= 0.6 is 11.3 Å². The normalized spacial score (nSPS) is 33.2. The number of thiophene rings is 1. The van der Waals surface area contributed by atoms with Crippen LogP contribution < -0.4 is 10.0 Å². The Labute approximate surface area is 221 Å². The number of nitrogens with zero attached hydrogens (tertiary/aromatic N) is 2. The first-order valence-electron chi connectivity index (χ1n) is 12.9. The molecule has 3 heterocycles. The van der Waals surface area contributed by atoms with Gasteiger partial charge in [-0.3, -0.25) is 4.79 Å². The van der Waals surface area contributed by atoms with Crippen LogP contribution in [0.15, 0.2) is 26.0 Å². The number of rotatable bonds is 5. The molecule has 6 rings (SSSR count). The molecule has 0 saturated heterocycles. The zero-order valence-corrected chi connectivity index (χ0v) is 23.3. The topological polar surface area (TPSA) is 145 Å². The lowest BCUT2D eigenvalue weighted by atomic mass is 9.67. The Balaban J connectivity index is 1.43. The molecular weight excluding hydrogens is 536 g/mol. The van der Waals surface area contributed by atoms with Crippen molar-refractivity contribution in [2.75, 3.05) is 11.6 Å². The number of amides is 1. The number of aliphatic hydroxyl groups is 1. The van der Waals surface area contributed by atoms with E-state index in [-0.39, 0.29) is 63.0 Å². The maximum atomic E-state index is 14.2. The Bertz CT molecular complexity index is 1440. The number of fused-ring (bicyclic) bond motifs is 6. The Kier molecular flexibility index (Phi) is 5.83. The van der Waals surface area contributed by atoms with E-state index in [0.29, 0.717) is 5.92 Å². The molecule has 10 nitrogen and oxygen atoms in total. The first kappa shape index (κ1) is 25.3. The SMILES string of the molecule is C[C@]12C3CCC(C3)[C@H]1C(O)=C(C1=NS(=O)(=O)c3c(CNS(C)(=O)=O)csc3N1)C(=O)N2C1CCCCC1. The summed E-state index contributed by atoms with van der Waals surface area (Å²) in [6, 6.07) is 0.0583. The fourth-order valence-electron chi connectivity index (χ4n) is 7.64. The van der Waals surface area contributed by atoms with Crippen molar-refractivity contribution in [1.29, 1.82) is 0 Å². The van der Waals surface area contributed by atoms with Gasteiger partial charge in [0.1, 0.15) is 21.2 Å². The maximum Gasteiger partial charge on any atom is 0.287 e. The van der Waals surface area contributed by atoms with Gasteiger partial charge in [-0.25, -0.2) is 13.1 Å². The fourth-order valence-corrected chi connectivity index (χ4v) is 10.7. The van der Waals surface area contributed by atoms with Crippen molar-refractivity contribution < 1.29 is 26.7 Å². The van der Waals surface area contributed by atoms with Crippen LogP contribution in [0.25, 0.3) is 0 Å². The van der Waals surface area contributed by atoms with Crippen LogP contribution in [0.5, 0.6) is 0 Å². The second-order valence-corrected chi connectivity index (χ2v) is 15.5. The van der Waals surface area contributed by atoms with Gasteiger partial charge in [0.2, 0.25) is 10.0 Å². The third-order valence-electron chi connectivity index (χ3n) is 9.12. The highest BCUT2D eigenvalue weighted by Crippen LogP contribution is 2.62. The minimum absolute atomic E-state index is 0.0426. The summed E-state index contributed by atoms with van der Waals surface area (Å²) in [6.07, 6.45) is 9.02. The Morgan fingerprint density at radius 1 is 1.24 bits per heavy atom. The average Bonchev–Trinajstić information content (AvgIpc) is 3.52. The standard InChI is InChI=1S/C24H32N4O6S3/c1-24-15-9-8-13(10-15)18(24)19(29)17(23(30)28(24)16-6-4-3-5-7-16)21-26-22-20(37(33,34)27-21)14(12-35-22)11-25-36(2,31)32/h12-13,15-16,18,25,29H,3-11H2,1-2H3,(H,26,27)/t13?,15?,18-,24-/m0/s1. The molecular formula is C24H32N4O6S3. The molecule has 3 fully saturated rings. The van der Waals surface area contributed by atoms with Gasteiger partial charge in [-0.1, -0.05) is 19.3 Å². The lowest BCUT2D eigenvalue weighted by molar-refractivity contribution is -0.146. The van der Waals surface area contributed by atoms with Gasteiger partial charge in [0.05, 0.1) is 11.8 Å². The van der Waals surface area contributed by atoms with Gasteiger partial charge in [-0.05, 0) is 56.2 Å². The third-order valence-corrected chi connectivity index (χ3v) is 12.3. The summed E-state index contributed by atoms with van der Waals surface area (Å²) < 4.78 is 56.0. The summed E-state index contributed by atoms with van der Waals surface area (Å²) in [5.74, 6) is -0.229. The van der Waals surface area contributed by atoms with Crippen LogP contribution in [0.3, 0.4) is 0 Å². The Morgan fingerprint density at radius 3 is 2.68 bits per heavy atom. The van der Waals surface area contributed by atoms with E-state index in [1.807, 2.05) is 4.90 Å². The monoisotopic (exact) mass is 568 g/mol. The molecule has 0 spiro atoms. The molecule has 0 radical (unpaired) electrons. The molecule has 1 aromatic rings. The molecule has 2 aliphatic heterocycles. The van der Waals surface area contributed by atoms with Gasteiger partial charge < -0.3 is 15.3 Å². The Hall–Kier alpha value is -1.96. The van der Waals surface area contributed by atoms with Crippen LogP contribution in [0.1, 0.15) is 63.9 Å². The average molecular weight is 569 g/mol. The van der Waals surface area contributed by atoms with Crippen LogP contribution in [0.2, 0.25) is 0 Å². The first-order valence-corrected chi connectivity index (χ1v) is 17.1. The molecule has 13 heteroatoms. The number of aliphatic hydroxyl groups excluding tert-OH is 1. The van der Waals surface area contributed by atoms with Crippen molar-refractivity contribution in [3.8, 4) is 0 Å². The van der Waals surface area contributed by atoms with Crippen molar-refractivity contribution in [2.24, 2.45) is 22.2 Å². The predicted molar refractivity (Wildman–Crippen MR) is 140 cm³/mol. The van der Waals surface area contributed by atoms with E-state index >= 15 is 0 Å². The first-order chi connectivity index (χ1) is 17.4. The number of nitrogens with one attached hydrogen (secondary N) is 2. The van der Waals surface area contributed by atoms with E-state index in [1.165, 1.54) is 0 Å². The number of carbonyl (C=O) groups excluding carboxylic acids is 1. The molecule has 3 saturated carbocycles. The molecule has 202 valence electrons. The van der Waals surface area contributed by atoms with Gasteiger partial charge in [-0.15, -0.1) is 15.7 Å². The summed E-state index contributed by atoms with van der Waals surface area (Å²) >= 11 is 1.10. The second-order valence-electron chi connectivity index (χ2n) is 11.3. The quantitative estimate of drug-likeness (QED) is 0.495. The van der Waals surface area contributed by atoms with Crippen molar-refractivity contribution >= 4 is 48.1 Å². The molecule has 1 aromatic heterocycles. The van der Waals surface area contributed by atoms with Crippen LogP contribution in [-0.2, 0) is 31.4 Å². The zero-order valence-electron chi connectivity index (χ0n) is 20.9. The zero-order chi connectivity index (χ0) is 26.3. The predicted octanol–water partition coefficient (Wildman–Crippen LogP) is 3.10. The maximum absolute atomic E-state index is 14.2. The number of hydrogen-bond donors (Lipinski definition) is 3. The summed E-state index contributed by atoms with van der Waals surface area (Å²) in [5, 5.41) is 16.4. The molecule has 4 atom stereocenters. The smallest absolute Gasteiger partial charge is 0.287 e. The molecule has 3 N–H and O–H groups in total. The van der Waals surface area contributed by atoms with Gasteiger partial charge in [0.25, 0.3) is 15.9 Å². The number of hydrogen-bond acceptors (Lipinski definition) is 8. The van der Waals surface area contributed by atoms with Gasteiger partial charge in [0, 0.05) is 24.1 Å². The highest BCUT2D eigenvalue weighted by atomic mass is 32.2. The van der Waals surface area contributed by atoms with E-state index in [1.54, 1.807) is 5.38 Å². The molecule has 3 aliphatic carbocycles. The fraction of sp³-hybridized carbons (Fsp3) is 0.667. The second kappa shape index (κ2) is 8.52. The van der Waals surface area contributed by atoms with Crippen molar-refractivity contribution in [3.63, 3.8) is 0 Å². The van der Waals surface area contributed by atoms with Crippen molar-refractivity contribution in [2.45, 2.75) is 81.3 Å². The molecule has 1 amide bonds. The number of carbonyl (C=O) groups is 1. The van der Waals surface area contributed by atoms with Crippen LogP contribution in [0, 0.1) is 17.8 Å². The summed E-state index contributed by atoms with van der Waals surface area (Å²) in [4.78, 5) is 16.1. The van der Waals surface area contributed by atoms with Gasteiger partial charge >= 0.3 is 0 Å². The highest BCUT2D eigenvalue weighted by Gasteiger charge is 2.65. The van der Waals surface area contributed by atoms with Gasteiger partial charge in [0.15, 0.2) is 5.84 Å². The largest absolute Gasteiger partial charge is 0.511 e. The van der Waals surface area contributed by atoms with E-state index in [2.05, 4.69) is 21.4 Å². The number of sulfonamides is 2. The lowest BCUT2D eigenvalue weighted by Gasteiger charge is -2.55. The molecule has 37 heavy (non-hydrogen) atoms. The van der Waals surface area contributed by atoms with Crippen LogP contribution in [-0.4, -0.2) is 56.4 Å². The van der Waals surface area contributed by atoms with E-state index in [4.69, 9.17) is 0 Å². The van der Waals surface area contributed by atoms with Crippen molar-refractivity contribution in [3.05, 3.63) is 22.3 Å². The minimum Gasteiger partial charge on any atom is -0.511 e.